The van der Waals surface area contributed by atoms with Crippen LogP contribution in [-0.2, 0) is 4.79 Å². The Morgan fingerprint density at radius 3 is 2.44 bits per heavy atom. The molecule has 1 atom stereocenters. The minimum absolute atomic E-state index is 0.333. The van der Waals surface area contributed by atoms with E-state index in [1.165, 1.54) is 26.0 Å². The van der Waals surface area contributed by atoms with E-state index in [1.807, 2.05) is 0 Å². The molecule has 166 valence electrons. The first-order valence-corrected chi connectivity index (χ1v) is 9.97. The number of ether oxygens (including phenoxy) is 3. The fourth-order valence-corrected chi connectivity index (χ4v) is 3.79. The van der Waals surface area contributed by atoms with Crippen molar-refractivity contribution in [2.24, 2.45) is 0 Å². The second kappa shape index (κ2) is 8.75. The number of rotatable bonds is 6. The Morgan fingerprint density at radius 2 is 1.78 bits per heavy atom. The number of aromatic nitrogens is 4. The van der Waals surface area contributed by atoms with E-state index in [2.05, 4.69) is 26.2 Å². The second-order valence-corrected chi connectivity index (χ2v) is 7.33. The molecule has 11 heteroatoms. The highest BCUT2D eigenvalue weighted by molar-refractivity contribution is 6.30. The van der Waals surface area contributed by atoms with Crippen LogP contribution in [0, 0.1) is 0 Å². The molecule has 1 amide bonds. The zero-order chi connectivity index (χ0) is 22.8. The highest BCUT2D eigenvalue weighted by Gasteiger charge is 2.37. The minimum atomic E-state index is -0.691. The van der Waals surface area contributed by atoms with Crippen LogP contribution in [-0.4, -0.2) is 47.4 Å². The molecule has 0 saturated heterocycles. The molecule has 1 aromatic heterocycles. The molecular formula is C21H21ClN6O4. The smallest absolute Gasteiger partial charge is 0.255 e. The maximum absolute atomic E-state index is 13.4. The van der Waals surface area contributed by atoms with Crippen molar-refractivity contribution in [2.45, 2.75) is 13.0 Å². The Balaban J connectivity index is 1.85. The van der Waals surface area contributed by atoms with E-state index in [0.717, 1.165) is 0 Å². The summed E-state index contributed by atoms with van der Waals surface area (Å²) in [7, 11) is 4.58. The van der Waals surface area contributed by atoms with Gasteiger partial charge in [-0.25, -0.2) is 0 Å². The van der Waals surface area contributed by atoms with Crippen molar-refractivity contribution in [2.75, 3.05) is 32.0 Å². The number of methoxy groups -OCH3 is 3. The first-order chi connectivity index (χ1) is 15.5. The Labute approximate surface area is 189 Å². The van der Waals surface area contributed by atoms with Crippen molar-refractivity contribution in [3.8, 4) is 17.2 Å². The van der Waals surface area contributed by atoms with E-state index in [-0.39, 0.29) is 5.91 Å². The van der Waals surface area contributed by atoms with Gasteiger partial charge in [0.25, 0.3) is 5.91 Å². The quantitative estimate of drug-likeness (QED) is 0.581. The van der Waals surface area contributed by atoms with Crippen molar-refractivity contribution in [3.63, 3.8) is 0 Å². The van der Waals surface area contributed by atoms with Crippen LogP contribution in [0.25, 0.3) is 0 Å². The molecule has 0 radical (unpaired) electrons. The van der Waals surface area contributed by atoms with Crippen LogP contribution in [0.1, 0.15) is 18.5 Å². The van der Waals surface area contributed by atoms with Crippen LogP contribution in [0.2, 0.25) is 5.02 Å². The number of hydrogen-bond donors (Lipinski definition) is 2. The number of nitrogens with one attached hydrogen (secondary N) is 2. The van der Waals surface area contributed by atoms with E-state index >= 15 is 0 Å². The first kappa shape index (κ1) is 21.4. The van der Waals surface area contributed by atoms with Crippen LogP contribution in [0.4, 0.5) is 11.6 Å². The van der Waals surface area contributed by atoms with E-state index in [4.69, 9.17) is 25.8 Å². The molecule has 0 fully saturated rings. The van der Waals surface area contributed by atoms with Gasteiger partial charge < -0.3 is 24.8 Å². The first-order valence-electron chi connectivity index (χ1n) is 9.60. The summed E-state index contributed by atoms with van der Waals surface area (Å²) in [6, 6.07) is 9.69. The normalized spacial score (nSPS) is 15.0. The van der Waals surface area contributed by atoms with E-state index < -0.39 is 6.04 Å². The number of fused-ring (bicyclic) bond motifs is 1. The number of benzene rings is 2. The molecule has 0 spiro atoms. The van der Waals surface area contributed by atoms with Gasteiger partial charge in [-0.05, 0) is 53.7 Å². The van der Waals surface area contributed by atoms with Crippen LogP contribution in [0.3, 0.4) is 0 Å². The highest BCUT2D eigenvalue weighted by Crippen LogP contribution is 2.46. The van der Waals surface area contributed by atoms with Crippen molar-refractivity contribution < 1.29 is 19.0 Å². The number of amides is 1. The van der Waals surface area contributed by atoms with Crippen molar-refractivity contribution in [3.05, 3.63) is 58.3 Å². The van der Waals surface area contributed by atoms with Crippen molar-refractivity contribution >= 4 is 29.1 Å². The van der Waals surface area contributed by atoms with Gasteiger partial charge in [0.05, 0.1) is 26.9 Å². The van der Waals surface area contributed by atoms with E-state index in [0.29, 0.717) is 50.7 Å². The maximum Gasteiger partial charge on any atom is 0.255 e. The zero-order valence-corrected chi connectivity index (χ0v) is 18.6. The van der Waals surface area contributed by atoms with Gasteiger partial charge in [0.15, 0.2) is 11.5 Å². The fourth-order valence-electron chi connectivity index (χ4n) is 3.67. The highest BCUT2D eigenvalue weighted by atomic mass is 35.5. The number of tetrazole rings is 1. The predicted molar refractivity (Wildman–Crippen MR) is 118 cm³/mol. The average Bonchev–Trinajstić information content (AvgIpc) is 3.26. The molecule has 3 aromatic rings. The summed E-state index contributed by atoms with van der Waals surface area (Å²) < 4.78 is 18.1. The van der Waals surface area contributed by atoms with Gasteiger partial charge in [0.1, 0.15) is 6.04 Å². The molecule has 2 heterocycles. The molecule has 0 aliphatic carbocycles. The van der Waals surface area contributed by atoms with Crippen molar-refractivity contribution in [1.82, 2.24) is 20.2 Å². The third-order valence-corrected chi connectivity index (χ3v) is 5.34. The average molecular weight is 457 g/mol. The topological polar surface area (TPSA) is 112 Å². The Hall–Kier alpha value is -3.79. The monoisotopic (exact) mass is 456 g/mol. The third kappa shape index (κ3) is 3.69. The Kier molecular flexibility index (Phi) is 5.87. The number of halogens is 1. The molecule has 0 saturated carbocycles. The number of hydrogen-bond acceptors (Lipinski definition) is 8. The lowest BCUT2D eigenvalue weighted by Crippen LogP contribution is -2.31. The van der Waals surface area contributed by atoms with Gasteiger partial charge >= 0.3 is 0 Å². The molecule has 1 aliphatic rings. The predicted octanol–water partition coefficient (Wildman–Crippen LogP) is 3.28. The molecular weight excluding hydrogens is 436 g/mol. The SMILES string of the molecule is COc1ccc([C@H]2C(C(=O)Nc3ccc(Cl)cc3)=C(C)Nc3nnnn32)c(OC)c1OC. The second-order valence-electron chi connectivity index (χ2n) is 6.90. The summed E-state index contributed by atoms with van der Waals surface area (Å²) in [5.74, 6) is 1.36. The minimum Gasteiger partial charge on any atom is -0.493 e. The van der Waals surface area contributed by atoms with E-state index in [9.17, 15) is 4.79 Å². The van der Waals surface area contributed by atoms with Gasteiger partial charge in [-0.2, -0.15) is 4.68 Å². The molecule has 0 unspecified atom stereocenters. The summed E-state index contributed by atoms with van der Waals surface area (Å²) in [5, 5.41) is 18.4. The van der Waals surface area contributed by atoms with Gasteiger partial charge in [0, 0.05) is 22.0 Å². The summed E-state index contributed by atoms with van der Waals surface area (Å²) in [6.45, 7) is 1.79. The molecule has 10 nitrogen and oxygen atoms in total. The lowest BCUT2D eigenvalue weighted by Gasteiger charge is -2.29. The van der Waals surface area contributed by atoms with Crippen LogP contribution >= 0.6 is 11.6 Å². The lowest BCUT2D eigenvalue weighted by atomic mass is 9.93. The molecule has 4 rings (SSSR count). The molecule has 0 bridgehead atoms. The standard InChI is InChI=1S/C21H21ClN6O4/c1-11-16(20(29)24-13-7-5-12(22)6-8-13)17(28-21(23-11)25-26-27-28)14-9-10-15(30-2)19(32-4)18(14)31-3/h5-10,17H,1-4H3,(H,24,29)(H,23,25,27)/t17-/m0/s1. The summed E-state index contributed by atoms with van der Waals surface area (Å²) >= 11 is 5.96. The van der Waals surface area contributed by atoms with Gasteiger partial charge in [-0.1, -0.05) is 16.7 Å². The maximum atomic E-state index is 13.4. The number of allylic oxidation sites excluding steroid dienone is 1. The molecule has 2 N–H and O–H groups in total. The fraction of sp³-hybridized carbons (Fsp3) is 0.238. The molecule has 1 aliphatic heterocycles. The van der Waals surface area contributed by atoms with Crippen LogP contribution in [0.15, 0.2) is 47.7 Å². The van der Waals surface area contributed by atoms with Gasteiger partial charge in [0.2, 0.25) is 11.7 Å². The largest absolute Gasteiger partial charge is 0.493 e. The van der Waals surface area contributed by atoms with E-state index in [1.54, 1.807) is 43.3 Å². The zero-order valence-electron chi connectivity index (χ0n) is 17.8. The Morgan fingerprint density at radius 1 is 1.06 bits per heavy atom. The van der Waals surface area contributed by atoms with Crippen LogP contribution < -0.4 is 24.8 Å². The number of carbonyl (C=O) groups excluding carboxylic acids is 1. The number of nitrogens with zero attached hydrogens (tertiary/aromatic N) is 4. The number of anilines is 2. The van der Waals surface area contributed by atoms with Crippen molar-refractivity contribution in [1.29, 1.82) is 0 Å². The summed E-state index contributed by atoms with van der Waals surface area (Å²) in [6.07, 6.45) is 0. The number of carbonyl (C=O) groups is 1. The third-order valence-electron chi connectivity index (χ3n) is 5.09. The lowest BCUT2D eigenvalue weighted by molar-refractivity contribution is -0.113. The Bertz CT molecular complexity index is 1190. The van der Waals surface area contributed by atoms with Crippen LogP contribution in [0.5, 0.6) is 17.2 Å². The molecule has 32 heavy (non-hydrogen) atoms. The molecule has 2 aromatic carbocycles. The summed E-state index contributed by atoms with van der Waals surface area (Å²) in [5.41, 5.74) is 2.23. The van der Waals surface area contributed by atoms with Gasteiger partial charge in [-0.15, -0.1) is 0 Å². The summed E-state index contributed by atoms with van der Waals surface area (Å²) in [4.78, 5) is 13.4. The van der Waals surface area contributed by atoms with Gasteiger partial charge in [-0.3, -0.25) is 4.79 Å².